The summed E-state index contributed by atoms with van der Waals surface area (Å²) in [6, 6.07) is 0. The maximum atomic E-state index is 11.1. The second-order valence-electron chi connectivity index (χ2n) is 5.33. The van der Waals surface area contributed by atoms with Crippen molar-refractivity contribution in [1.29, 1.82) is 0 Å². The highest BCUT2D eigenvalue weighted by molar-refractivity contribution is 7.15. The minimum absolute atomic E-state index is 0.0140. The highest BCUT2D eigenvalue weighted by atomic mass is 32.1. The molecule has 98 valence electrons. The van der Waals surface area contributed by atoms with E-state index in [1.165, 1.54) is 15.7 Å². The van der Waals surface area contributed by atoms with E-state index in [9.17, 15) is 10.1 Å². The van der Waals surface area contributed by atoms with Crippen LogP contribution in [0.3, 0.4) is 0 Å². The normalized spacial score (nSPS) is 11.9. The minimum Gasteiger partial charge on any atom is -0.363 e. The highest BCUT2D eigenvalue weighted by Crippen LogP contribution is 2.28. The molecule has 6 nitrogen and oxygen atoms in total. The van der Waals surface area contributed by atoms with Gasteiger partial charge in [-0.15, -0.1) is 0 Å². The van der Waals surface area contributed by atoms with Crippen molar-refractivity contribution >= 4 is 27.9 Å². The van der Waals surface area contributed by atoms with Gasteiger partial charge >= 0.3 is 5.82 Å². The van der Waals surface area contributed by atoms with E-state index in [1.807, 2.05) is 0 Å². The van der Waals surface area contributed by atoms with E-state index < -0.39 is 4.92 Å². The molecule has 2 aromatic heterocycles. The first-order chi connectivity index (χ1) is 8.38. The van der Waals surface area contributed by atoms with Gasteiger partial charge in [-0.2, -0.15) is 9.38 Å². The molecule has 0 amide bonds. The van der Waals surface area contributed by atoms with Gasteiger partial charge in [0.2, 0.25) is 5.82 Å². The molecule has 0 atom stereocenters. The SMILES string of the molecule is CC(C)(C)CCNc1nc2sccn2c1[N+](=O)[O-]. The predicted molar refractivity (Wildman–Crippen MR) is 72.3 cm³/mol. The average molecular weight is 268 g/mol. The first-order valence-electron chi connectivity index (χ1n) is 5.72. The summed E-state index contributed by atoms with van der Waals surface area (Å²) in [6.45, 7) is 7.08. The lowest BCUT2D eigenvalue weighted by molar-refractivity contribution is -0.389. The van der Waals surface area contributed by atoms with Gasteiger partial charge in [-0.25, -0.2) is 0 Å². The third-order valence-electron chi connectivity index (χ3n) is 2.58. The number of thiazole rings is 1. The molecule has 1 N–H and O–H groups in total. The third-order valence-corrected chi connectivity index (χ3v) is 3.33. The topological polar surface area (TPSA) is 72.5 Å². The van der Waals surface area contributed by atoms with Crippen molar-refractivity contribution in [3.8, 4) is 0 Å². The Morgan fingerprint density at radius 1 is 1.56 bits per heavy atom. The quantitative estimate of drug-likeness (QED) is 0.683. The fourth-order valence-electron chi connectivity index (χ4n) is 1.62. The summed E-state index contributed by atoms with van der Waals surface area (Å²) >= 11 is 1.39. The predicted octanol–water partition coefficient (Wildman–Crippen LogP) is 3.15. The number of rotatable bonds is 4. The largest absolute Gasteiger partial charge is 0.372 e. The van der Waals surface area contributed by atoms with Gasteiger partial charge in [0.05, 0.1) is 0 Å². The summed E-state index contributed by atoms with van der Waals surface area (Å²) in [6.07, 6.45) is 2.59. The van der Waals surface area contributed by atoms with Gasteiger partial charge in [-0.05, 0) is 16.8 Å². The number of nitrogens with zero attached hydrogens (tertiary/aromatic N) is 3. The van der Waals surface area contributed by atoms with Crippen molar-refractivity contribution in [2.24, 2.45) is 5.41 Å². The molecule has 0 bridgehead atoms. The molecule has 18 heavy (non-hydrogen) atoms. The fourth-order valence-corrected chi connectivity index (χ4v) is 2.33. The Balaban J connectivity index is 2.19. The maximum absolute atomic E-state index is 11.1. The van der Waals surface area contributed by atoms with Crippen molar-refractivity contribution in [1.82, 2.24) is 9.38 Å². The van der Waals surface area contributed by atoms with Gasteiger partial charge in [-0.1, -0.05) is 32.1 Å². The molecule has 0 unspecified atom stereocenters. The lowest BCUT2D eigenvalue weighted by atomic mass is 9.92. The molecule has 0 aliphatic heterocycles. The van der Waals surface area contributed by atoms with E-state index in [4.69, 9.17) is 0 Å². The van der Waals surface area contributed by atoms with E-state index in [0.29, 0.717) is 17.3 Å². The number of hydrogen-bond acceptors (Lipinski definition) is 5. The summed E-state index contributed by atoms with van der Waals surface area (Å²) in [4.78, 5) is 15.5. The third kappa shape index (κ3) is 2.61. The number of fused-ring (bicyclic) bond motifs is 1. The Hall–Kier alpha value is -1.63. The molecule has 0 radical (unpaired) electrons. The van der Waals surface area contributed by atoms with Crippen LogP contribution in [0.1, 0.15) is 27.2 Å². The molecule has 2 aromatic rings. The van der Waals surface area contributed by atoms with Crippen LogP contribution >= 0.6 is 11.3 Å². The van der Waals surface area contributed by atoms with Crippen LogP contribution in [0, 0.1) is 15.5 Å². The molecule has 0 aliphatic carbocycles. The van der Waals surface area contributed by atoms with Crippen LogP contribution in [-0.4, -0.2) is 20.9 Å². The number of anilines is 1. The van der Waals surface area contributed by atoms with Crippen molar-refractivity contribution in [3.05, 3.63) is 21.7 Å². The van der Waals surface area contributed by atoms with Crippen molar-refractivity contribution in [2.45, 2.75) is 27.2 Å². The first kappa shape index (κ1) is 12.8. The van der Waals surface area contributed by atoms with Gasteiger partial charge in [-0.3, -0.25) is 0 Å². The zero-order valence-corrected chi connectivity index (χ0v) is 11.5. The molecule has 7 heteroatoms. The molecule has 0 spiro atoms. The van der Waals surface area contributed by atoms with E-state index in [-0.39, 0.29) is 11.2 Å². The summed E-state index contributed by atoms with van der Waals surface area (Å²) < 4.78 is 1.50. The molecule has 2 heterocycles. The van der Waals surface area contributed by atoms with Crippen molar-refractivity contribution in [3.63, 3.8) is 0 Å². The summed E-state index contributed by atoms with van der Waals surface area (Å²) in [5.41, 5.74) is 0.193. The number of imidazole rings is 1. The van der Waals surface area contributed by atoms with E-state index >= 15 is 0 Å². The van der Waals surface area contributed by atoms with E-state index in [2.05, 4.69) is 31.1 Å². The second-order valence-corrected chi connectivity index (χ2v) is 6.21. The zero-order chi connectivity index (χ0) is 13.3. The number of aromatic nitrogens is 2. The molecular weight excluding hydrogens is 252 g/mol. The first-order valence-corrected chi connectivity index (χ1v) is 6.60. The van der Waals surface area contributed by atoms with Crippen molar-refractivity contribution < 1.29 is 4.92 Å². The molecule has 2 rings (SSSR count). The lowest BCUT2D eigenvalue weighted by Gasteiger charge is -2.17. The smallest absolute Gasteiger partial charge is 0.363 e. The van der Waals surface area contributed by atoms with Crippen LogP contribution in [-0.2, 0) is 0 Å². The van der Waals surface area contributed by atoms with Gasteiger partial charge in [0.25, 0.3) is 4.96 Å². The van der Waals surface area contributed by atoms with Crippen LogP contribution in [0.4, 0.5) is 11.6 Å². The Kier molecular flexibility index (Phi) is 3.25. The highest BCUT2D eigenvalue weighted by Gasteiger charge is 2.23. The Morgan fingerprint density at radius 2 is 2.28 bits per heavy atom. The van der Waals surface area contributed by atoms with E-state index in [1.54, 1.807) is 11.6 Å². The summed E-state index contributed by atoms with van der Waals surface area (Å²) in [7, 11) is 0. The molecular formula is C11H16N4O2S. The summed E-state index contributed by atoms with van der Waals surface area (Å²) in [5, 5.41) is 15.9. The van der Waals surface area contributed by atoms with Crippen LogP contribution in [0.15, 0.2) is 11.6 Å². The molecule has 0 aliphatic rings. The monoisotopic (exact) mass is 268 g/mol. The number of nitro groups is 1. The van der Waals surface area contributed by atoms with E-state index in [0.717, 1.165) is 6.42 Å². The number of hydrogen-bond donors (Lipinski definition) is 1. The van der Waals surface area contributed by atoms with Gasteiger partial charge in [0.1, 0.15) is 6.20 Å². The standard InChI is InChI=1S/C11H16N4O2S/c1-11(2,3)4-5-12-8-9(15(16)17)14-6-7-18-10(14)13-8/h6-7,12H,4-5H2,1-3H3. The fraction of sp³-hybridized carbons (Fsp3) is 0.545. The molecule has 0 saturated carbocycles. The van der Waals surface area contributed by atoms with Crippen molar-refractivity contribution in [2.75, 3.05) is 11.9 Å². The minimum atomic E-state index is -0.397. The van der Waals surface area contributed by atoms with Crippen LogP contribution in [0.25, 0.3) is 4.96 Å². The van der Waals surface area contributed by atoms with Gasteiger partial charge in [0, 0.05) is 11.9 Å². The van der Waals surface area contributed by atoms with Crippen LogP contribution in [0.5, 0.6) is 0 Å². The summed E-state index contributed by atoms with van der Waals surface area (Å²) in [5.74, 6) is 0.372. The molecule has 0 saturated heterocycles. The lowest BCUT2D eigenvalue weighted by Crippen LogP contribution is -2.13. The average Bonchev–Trinajstić information content (AvgIpc) is 2.73. The van der Waals surface area contributed by atoms with Crippen LogP contribution in [0.2, 0.25) is 0 Å². The number of nitrogens with one attached hydrogen (secondary N) is 1. The maximum Gasteiger partial charge on any atom is 0.372 e. The van der Waals surface area contributed by atoms with Gasteiger partial charge in [0.15, 0.2) is 0 Å². The second kappa shape index (κ2) is 4.56. The zero-order valence-electron chi connectivity index (χ0n) is 10.6. The Morgan fingerprint density at radius 3 is 2.89 bits per heavy atom. The molecule has 0 aromatic carbocycles. The van der Waals surface area contributed by atoms with Crippen LogP contribution < -0.4 is 5.32 Å². The Labute approximate surface area is 109 Å². The molecule has 0 fully saturated rings. The van der Waals surface area contributed by atoms with Gasteiger partial charge < -0.3 is 15.4 Å². The Bertz CT molecular complexity index is 567.